The molecule has 0 aliphatic carbocycles. The number of halogens is 2. The van der Waals surface area contributed by atoms with Gasteiger partial charge in [0.05, 0.1) is 40.8 Å². The summed E-state index contributed by atoms with van der Waals surface area (Å²) in [6.07, 6.45) is -1.05. The summed E-state index contributed by atoms with van der Waals surface area (Å²) in [5, 5.41) is 0.592. The van der Waals surface area contributed by atoms with Gasteiger partial charge in [0.15, 0.2) is 0 Å². The number of esters is 1. The van der Waals surface area contributed by atoms with Gasteiger partial charge in [-0.2, -0.15) is 4.31 Å². The van der Waals surface area contributed by atoms with Gasteiger partial charge in [-0.3, -0.25) is 4.79 Å². The second-order valence-electron chi connectivity index (χ2n) is 8.44. The van der Waals surface area contributed by atoms with Crippen LogP contribution < -0.4 is 9.64 Å². The molecule has 8 nitrogen and oxygen atoms in total. The van der Waals surface area contributed by atoms with Crippen molar-refractivity contribution in [2.45, 2.75) is 24.5 Å². The van der Waals surface area contributed by atoms with Crippen LogP contribution in [0.5, 0.6) is 5.75 Å². The van der Waals surface area contributed by atoms with Crippen LogP contribution in [-0.2, 0) is 30.9 Å². The average Bonchev–Trinajstić information content (AvgIpc) is 2.89. The number of carbonyl (C=O) groups is 2. The first-order valence-electron chi connectivity index (χ1n) is 11.2. The molecule has 37 heavy (non-hydrogen) atoms. The van der Waals surface area contributed by atoms with Gasteiger partial charge in [-0.05, 0) is 48.9 Å². The van der Waals surface area contributed by atoms with E-state index in [9.17, 15) is 18.0 Å². The molecule has 0 bridgehead atoms. The number of anilines is 1. The molecule has 0 aromatic heterocycles. The van der Waals surface area contributed by atoms with Gasteiger partial charge in [0, 0.05) is 6.54 Å². The number of nitrogens with zero attached hydrogens (tertiary/aromatic N) is 2. The fourth-order valence-corrected chi connectivity index (χ4v) is 5.59. The summed E-state index contributed by atoms with van der Waals surface area (Å²) >= 11 is 12.2. The van der Waals surface area contributed by atoms with Gasteiger partial charge in [-0.15, -0.1) is 0 Å². The molecule has 0 radical (unpaired) electrons. The summed E-state index contributed by atoms with van der Waals surface area (Å²) in [4.78, 5) is 27.2. The van der Waals surface area contributed by atoms with Crippen LogP contribution in [0.1, 0.15) is 11.1 Å². The smallest absolute Gasteiger partial charge is 0.348 e. The maximum absolute atomic E-state index is 13.7. The summed E-state index contributed by atoms with van der Waals surface area (Å²) in [5.41, 5.74) is 1.87. The molecule has 1 aliphatic heterocycles. The van der Waals surface area contributed by atoms with Crippen molar-refractivity contribution in [2.24, 2.45) is 0 Å². The van der Waals surface area contributed by atoms with Crippen LogP contribution in [0.2, 0.25) is 10.0 Å². The zero-order valence-electron chi connectivity index (χ0n) is 20.1. The zero-order chi connectivity index (χ0) is 26.7. The molecule has 4 rings (SSSR count). The van der Waals surface area contributed by atoms with Gasteiger partial charge in [0.2, 0.25) is 22.0 Å². The van der Waals surface area contributed by atoms with E-state index < -0.39 is 34.5 Å². The molecule has 1 aliphatic rings. The van der Waals surface area contributed by atoms with Gasteiger partial charge in [0.25, 0.3) is 0 Å². The number of rotatable bonds is 7. The Bertz CT molecular complexity index is 1430. The van der Waals surface area contributed by atoms with Crippen LogP contribution in [0.4, 0.5) is 5.69 Å². The van der Waals surface area contributed by atoms with Crippen LogP contribution in [0, 0.1) is 6.92 Å². The molecule has 1 heterocycles. The zero-order valence-corrected chi connectivity index (χ0v) is 22.4. The van der Waals surface area contributed by atoms with Gasteiger partial charge >= 0.3 is 5.97 Å². The van der Waals surface area contributed by atoms with Crippen LogP contribution in [0.15, 0.2) is 71.6 Å². The number of para-hydroxylation sites is 2. The van der Waals surface area contributed by atoms with Crippen molar-refractivity contribution >= 4 is 50.8 Å². The maximum atomic E-state index is 13.7. The van der Waals surface area contributed by atoms with E-state index in [1.54, 1.807) is 54.6 Å². The van der Waals surface area contributed by atoms with E-state index in [1.165, 1.54) is 24.1 Å². The minimum Gasteiger partial charge on any atom is -0.475 e. The van der Waals surface area contributed by atoms with E-state index in [4.69, 9.17) is 32.7 Å². The Morgan fingerprint density at radius 1 is 1.05 bits per heavy atom. The van der Waals surface area contributed by atoms with Gasteiger partial charge in [-0.1, -0.05) is 59.1 Å². The molecule has 194 valence electrons. The third-order valence-corrected chi connectivity index (χ3v) is 8.40. The van der Waals surface area contributed by atoms with E-state index in [2.05, 4.69) is 0 Å². The molecule has 11 heteroatoms. The van der Waals surface area contributed by atoms with Crippen LogP contribution in [-0.4, -0.2) is 50.9 Å². The SMILES string of the molecule is COC(=O)[C@@H]1CN(C(=O)CN(Cc2ccc(Cl)c(Cl)c2)S(=O)(=O)c2ccc(C)cc2)c2ccccc2O1. The summed E-state index contributed by atoms with van der Waals surface area (Å²) in [6, 6.07) is 17.9. The monoisotopic (exact) mass is 562 g/mol. The largest absolute Gasteiger partial charge is 0.475 e. The van der Waals surface area contributed by atoms with E-state index >= 15 is 0 Å². The number of carbonyl (C=O) groups excluding carboxylic acids is 2. The Hall–Kier alpha value is -3.11. The molecule has 0 fully saturated rings. The third-order valence-electron chi connectivity index (χ3n) is 5.85. The lowest BCUT2D eigenvalue weighted by Crippen LogP contribution is -2.50. The molecule has 0 unspecified atom stereocenters. The summed E-state index contributed by atoms with van der Waals surface area (Å²) in [6.45, 7) is 1.08. The van der Waals surface area contributed by atoms with Crippen molar-refractivity contribution in [3.05, 3.63) is 87.9 Å². The molecule has 0 saturated heterocycles. The first-order chi connectivity index (χ1) is 17.6. The number of hydrogen-bond acceptors (Lipinski definition) is 6. The first kappa shape index (κ1) is 26.9. The van der Waals surface area contributed by atoms with Crippen molar-refractivity contribution in [2.75, 3.05) is 25.1 Å². The summed E-state index contributed by atoms with van der Waals surface area (Å²) < 4.78 is 38.9. The molecule has 0 saturated carbocycles. The van der Waals surface area contributed by atoms with Crippen molar-refractivity contribution in [1.29, 1.82) is 0 Å². The molecule has 0 spiro atoms. The number of hydrogen-bond donors (Lipinski definition) is 0. The molecular weight excluding hydrogens is 539 g/mol. The number of fused-ring (bicyclic) bond motifs is 1. The van der Waals surface area contributed by atoms with E-state index in [0.29, 0.717) is 22.0 Å². The molecular formula is C26H24Cl2N2O6S. The van der Waals surface area contributed by atoms with Crippen LogP contribution in [0.25, 0.3) is 0 Å². The predicted molar refractivity (Wildman–Crippen MR) is 140 cm³/mol. The highest BCUT2D eigenvalue weighted by molar-refractivity contribution is 7.89. The number of methoxy groups -OCH3 is 1. The molecule has 0 N–H and O–H groups in total. The Balaban J connectivity index is 1.70. The van der Waals surface area contributed by atoms with Crippen LogP contribution >= 0.6 is 23.2 Å². The van der Waals surface area contributed by atoms with Crippen molar-refractivity contribution in [1.82, 2.24) is 4.31 Å². The lowest BCUT2D eigenvalue weighted by molar-refractivity contribution is -0.148. The molecule has 3 aromatic rings. The fourth-order valence-electron chi connectivity index (χ4n) is 3.89. The van der Waals surface area contributed by atoms with Crippen molar-refractivity contribution in [3.63, 3.8) is 0 Å². The van der Waals surface area contributed by atoms with Gasteiger partial charge in [-0.25, -0.2) is 13.2 Å². The quantitative estimate of drug-likeness (QED) is 0.395. The Labute approximate surface area is 225 Å². The Kier molecular flexibility index (Phi) is 8.08. The number of benzene rings is 3. The van der Waals surface area contributed by atoms with Gasteiger partial charge in [0.1, 0.15) is 5.75 Å². The highest BCUT2D eigenvalue weighted by atomic mass is 35.5. The minimum absolute atomic E-state index is 0.0424. The lowest BCUT2D eigenvalue weighted by Gasteiger charge is -2.34. The normalized spacial score (nSPS) is 15.2. The van der Waals surface area contributed by atoms with Crippen LogP contribution in [0.3, 0.4) is 0 Å². The highest BCUT2D eigenvalue weighted by Crippen LogP contribution is 2.34. The summed E-state index contributed by atoms with van der Waals surface area (Å²) in [5.74, 6) is -0.873. The number of sulfonamides is 1. The maximum Gasteiger partial charge on any atom is 0.348 e. The fraction of sp³-hybridized carbons (Fsp3) is 0.231. The molecule has 1 atom stereocenters. The highest BCUT2D eigenvalue weighted by Gasteiger charge is 2.36. The van der Waals surface area contributed by atoms with Crippen molar-refractivity contribution in [3.8, 4) is 5.75 Å². The molecule has 1 amide bonds. The summed E-state index contributed by atoms with van der Waals surface area (Å²) in [7, 11) is -2.87. The second-order valence-corrected chi connectivity index (χ2v) is 11.2. The topological polar surface area (TPSA) is 93.2 Å². The Morgan fingerprint density at radius 2 is 1.76 bits per heavy atom. The van der Waals surface area contributed by atoms with E-state index in [0.717, 1.165) is 9.87 Å². The van der Waals surface area contributed by atoms with Gasteiger partial charge < -0.3 is 14.4 Å². The van der Waals surface area contributed by atoms with E-state index in [-0.39, 0.29) is 23.0 Å². The van der Waals surface area contributed by atoms with Crippen molar-refractivity contribution < 1.29 is 27.5 Å². The second kappa shape index (κ2) is 11.1. The first-order valence-corrected chi connectivity index (χ1v) is 13.4. The standard InChI is InChI=1S/C26H24Cl2N2O6S/c1-17-7-10-19(11-8-17)37(33,34)29(14-18-9-12-20(27)21(28)13-18)16-25(31)30-15-24(26(32)35-2)36-23-6-4-3-5-22(23)30/h3-13,24H,14-16H2,1-2H3/t24-/m0/s1. The van der Waals surface area contributed by atoms with E-state index in [1.807, 2.05) is 6.92 Å². The number of amides is 1. The molecule has 3 aromatic carbocycles. The minimum atomic E-state index is -4.10. The Morgan fingerprint density at radius 3 is 2.43 bits per heavy atom. The number of aryl methyl sites for hydroxylation is 1. The predicted octanol–water partition coefficient (Wildman–Crippen LogP) is 4.46. The lowest BCUT2D eigenvalue weighted by atomic mass is 10.2. The third kappa shape index (κ3) is 5.91. The average molecular weight is 563 g/mol. The number of ether oxygens (including phenoxy) is 2.